The van der Waals surface area contributed by atoms with Crippen molar-refractivity contribution in [3.05, 3.63) is 39.9 Å². The van der Waals surface area contributed by atoms with E-state index in [9.17, 15) is 9.90 Å². The third kappa shape index (κ3) is 2.41. The molecule has 0 saturated carbocycles. The maximum Gasteiger partial charge on any atom is 0.258 e. The first-order valence-corrected chi connectivity index (χ1v) is 7.09. The van der Waals surface area contributed by atoms with Crippen LogP contribution >= 0.6 is 0 Å². The number of aromatic hydroxyl groups is 1. The van der Waals surface area contributed by atoms with Crippen molar-refractivity contribution in [1.82, 2.24) is 14.3 Å². The predicted octanol–water partition coefficient (Wildman–Crippen LogP) is 1.69. The number of hydrogen-bond donors (Lipinski definition) is 1. The predicted molar refractivity (Wildman–Crippen MR) is 77.0 cm³/mol. The summed E-state index contributed by atoms with van der Waals surface area (Å²) in [5, 5.41) is 9.91. The van der Waals surface area contributed by atoms with E-state index in [4.69, 9.17) is 0 Å². The molecule has 0 amide bonds. The van der Waals surface area contributed by atoms with Crippen molar-refractivity contribution in [3.63, 3.8) is 0 Å². The highest BCUT2D eigenvalue weighted by Gasteiger charge is 2.13. The van der Waals surface area contributed by atoms with E-state index in [0.717, 1.165) is 24.5 Å². The molecule has 5 heteroatoms. The normalized spacial score (nSPS) is 16.6. The van der Waals surface area contributed by atoms with E-state index in [0.29, 0.717) is 12.2 Å². The first kappa shape index (κ1) is 13.1. The molecule has 0 spiro atoms. The maximum atomic E-state index is 12.2. The molecule has 0 aliphatic carbocycles. The topological polar surface area (TPSA) is 57.8 Å². The molecule has 20 heavy (non-hydrogen) atoms. The van der Waals surface area contributed by atoms with Crippen molar-refractivity contribution in [2.45, 2.75) is 32.7 Å². The molecule has 0 unspecified atom stereocenters. The summed E-state index contributed by atoms with van der Waals surface area (Å²) >= 11 is 0. The molecule has 3 rings (SSSR count). The minimum absolute atomic E-state index is 0.0493. The van der Waals surface area contributed by atoms with Gasteiger partial charge in [-0.3, -0.25) is 14.1 Å². The lowest BCUT2D eigenvalue weighted by atomic mass is 10.1. The van der Waals surface area contributed by atoms with E-state index >= 15 is 0 Å². The van der Waals surface area contributed by atoms with Crippen LogP contribution in [0, 0.1) is 6.92 Å². The van der Waals surface area contributed by atoms with E-state index < -0.39 is 0 Å². The second-order valence-electron chi connectivity index (χ2n) is 5.44. The average molecular weight is 273 g/mol. The Hall–Kier alpha value is -1.88. The van der Waals surface area contributed by atoms with Crippen molar-refractivity contribution in [2.24, 2.45) is 0 Å². The number of nitrogens with zero attached hydrogens (tertiary/aromatic N) is 3. The fourth-order valence-corrected chi connectivity index (χ4v) is 2.82. The molecule has 2 aromatic heterocycles. The molecule has 1 aliphatic rings. The number of fused-ring (bicyclic) bond motifs is 1. The quantitative estimate of drug-likeness (QED) is 0.904. The molecule has 1 saturated heterocycles. The lowest BCUT2D eigenvalue weighted by Gasteiger charge is -2.25. The third-order valence-corrected chi connectivity index (χ3v) is 3.87. The molecule has 106 valence electrons. The number of hydrogen-bond acceptors (Lipinski definition) is 4. The summed E-state index contributed by atoms with van der Waals surface area (Å²) in [5.74, 6) is 0.0493. The van der Waals surface area contributed by atoms with Gasteiger partial charge in [0.2, 0.25) is 0 Å². The lowest BCUT2D eigenvalue weighted by Crippen LogP contribution is -2.30. The Morgan fingerprint density at radius 1 is 1.25 bits per heavy atom. The molecule has 1 aliphatic heterocycles. The van der Waals surface area contributed by atoms with Crippen LogP contribution in [0.2, 0.25) is 0 Å². The van der Waals surface area contributed by atoms with Gasteiger partial charge in [0, 0.05) is 18.3 Å². The number of aryl methyl sites for hydroxylation is 1. The molecule has 1 fully saturated rings. The fourth-order valence-electron chi connectivity index (χ4n) is 2.82. The first-order chi connectivity index (χ1) is 9.65. The molecule has 5 nitrogen and oxygen atoms in total. The smallest absolute Gasteiger partial charge is 0.258 e. The summed E-state index contributed by atoms with van der Waals surface area (Å²) in [6.07, 6.45) is 3.69. The monoisotopic (exact) mass is 273 g/mol. The summed E-state index contributed by atoms with van der Waals surface area (Å²) in [7, 11) is 0. The van der Waals surface area contributed by atoms with Gasteiger partial charge >= 0.3 is 0 Å². The Morgan fingerprint density at radius 3 is 2.75 bits per heavy atom. The van der Waals surface area contributed by atoms with Crippen LogP contribution in [0.25, 0.3) is 5.65 Å². The molecule has 0 radical (unpaired) electrons. The Bertz CT molecular complexity index is 687. The van der Waals surface area contributed by atoms with Gasteiger partial charge in [-0.15, -0.1) is 0 Å². The van der Waals surface area contributed by atoms with Gasteiger partial charge < -0.3 is 5.11 Å². The molecule has 3 heterocycles. The van der Waals surface area contributed by atoms with Gasteiger partial charge in [0.25, 0.3) is 5.56 Å². The van der Waals surface area contributed by atoms with Crippen LogP contribution in [0.3, 0.4) is 0 Å². The summed E-state index contributed by atoms with van der Waals surface area (Å²) in [4.78, 5) is 19.0. The van der Waals surface area contributed by atoms with E-state index in [-0.39, 0.29) is 11.3 Å². The molecular formula is C15H19N3O2. The zero-order chi connectivity index (χ0) is 14.1. The van der Waals surface area contributed by atoms with E-state index in [1.807, 2.05) is 6.92 Å². The van der Waals surface area contributed by atoms with E-state index in [2.05, 4.69) is 9.88 Å². The lowest BCUT2D eigenvalue weighted by molar-refractivity contribution is 0.218. The molecule has 0 bridgehead atoms. The fraction of sp³-hybridized carbons (Fsp3) is 0.467. The summed E-state index contributed by atoms with van der Waals surface area (Å²) in [5.41, 5.74) is 1.73. The molecule has 0 atom stereocenters. The summed E-state index contributed by atoms with van der Waals surface area (Å²) in [6, 6.07) is 4.88. The zero-order valence-corrected chi connectivity index (χ0v) is 11.7. The molecule has 0 aromatic carbocycles. The van der Waals surface area contributed by atoms with Crippen molar-refractivity contribution in [3.8, 4) is 5.75 Å². The van der Waals surface area contributed by atoms with Gasteiger partial charge in [-0.1, -0.05) is 6.42 Å². The number of piperidine rings is 1. The van der Waals surface area contributed by atoms with Crippen LogP contribution in [0.15, 0.2) is 23.0 Å². The van der Waals surface area contributed by atoms with E-state index in [1.54, 1.807) is 18.2 Å². The Labute approximate surface area is 117 Å². The summed E-state index contributed by atoms with van der Waals surface area (Å²) in [6.45, 7) is 4.63. The van der Waals surface area contributed by atoms with Crippen molar-refractivity contribution >= 4 is 5.65 Å². The van der Waals surface area contributed by atoms with Crippen LogP contribution in [-0.2, 0) is 6.54 Å². The highest BCUT2D eigenvalue weighted by atomic mass is 16.3. The van der Waals surface area contributed by atoms with E-state index in [1.165, 1.54) is 23.7 Å². The summed E-state index contributed by atoms with van der Waals surface area (Å²) < 4.78 is 1.45. The second kappa shape index (κ2) is 5.25. The van der Waals surface area contributed by atoms with Gasteiger partial charge in [-0.05, 0) is 45.0 Å². The number of pyridine rings is 1. The minimum atomic E-state index is -0.129. The largest absolute Gasteiger partial charge is 0.504 e. The van der Waals surface area contributed by atoms with Crippen LogP contribution < -0.4 is 5.56 Å². The second-order valence-corrected chi connectivity index (χ2v) is 5.44. The highest BCUT2D eigenvalue weighted by molar-refractivity contribution is 5.53. The van der Waals surface area contributed by atoms with Crippen LogP contribution in [0.1, 0.15) is 30.7 Å². The molecular weight excluding hydrogens is 254 g/mol. The van der Waals surface area contributed by atoms with Gasteiger partial charge in [0.1, 0.15) is 0 Å². The number of aromatic nitrogens is 2. The zero-order valence-electron chi connectivity index (χ0n) is 11.7. The molecule has 2 aromatic rings. The Kier molecular flexibility index (Phi) is 3.44. The number of likely N-dealkylation sites (tertiary alicyclic amines) is 1. The SMILES string of the molecule is Cc1ccc(O)c2nc(CN3CCCCC3)cc(=O)n12. The number of rotatable bonds is 2. The molecule has 1 N–H and O–H groups in total. The van der Waals surface area contributed by atoms with Gasteiger partial charge in [-0.2, -0.15) is 0 Å². The average Bonchev–Trinajstić information content (AvgIpc) is 2.44. The Morgan fingerprint density at radius 2 is 2.00 bits per heavy atom. The van der Waals surface area contributed by atoms with Crippen molar-refractivity contribution in [2.75, 3.05) is 13.1 Å². The highest BCUT2D eigenvalue weighted by Crippen LogP contribution is 2.17. The third-order valence-electron chi connectivity index (χ3n) is 3.87. The standard InChI is InChI=1S/C15H19N3O2/c1-11-5-6-13(19)15-16-12(9-14(20)18(11)15)10-17-7-3-2-4-8-17/h5-6,9,19H,2-4,7-8,10H2,1H3. The maximum absolute atomic E-state index is 12.2. The van der Waals surface area contributed by atoms with Gasteiger partial charge in [0.05, 0.1) is 5.69 Å². The van der Waals surface area contributed by atoms with Crippen molar-refractivity contribution in [1.29, 1.82) is 0 Å². The van der Waals surface area contributed by atoms with Crippen molar-refractivity contribution < 1.29 is 5.11 Å². The van der Waals surface area contributed by atoms with Gasteiger partial charge in [0.15, 0.2) is 11.4 Å². The first-order valence-electron chi connectivity index (χ1n) is 7.09. The van der Waals surface area contributed by atoms with Crippen LogP contribution in [0.5, 0.6) is 5.75 Å². The minimum Gasteiger partial charge on any atom is -0.504 e. The Balaban J connectivity index is 2.01. The van der Waals surface area contributed by atoms with Crippen LogP contribution in [0.4, 0.5) is 0 Å². The van der Waals surface area contributed by atoms with Crippen LogP contribution in [-0.4, -0.2) is 32.5 Å². The van der Waals surface area contributed by atoms with Gasteiger partial charge in [-0.25, -0.2) is 4.98 Å².